The van der Waals surface area contributed by atoms with Gasteiger partial charge in [-0.2, -0.15) is 0 Å². The van der Waals surface area contributed by atoms with E-state index in [2.05, 4.69) is 0 Å². The Hall–Kier alpha value is -1.05. The van der Waals surface area contributed by atoms with Crippen molar-refractivity contribution in [1.29, 1.82) is 0 Å². The van der Waals surface area contributed by atoms with Gasteiger partial charge < -0.3 is 4.90 Å². The molecule has 0 aliphatic carbocycles. The lowest BCUT2D eigenvalue weighted by Crippen LogP contribution is -2.10. The van der Waals surface area contributed by atoms with Crippen molar-refractivity contribution < 1.29 is 4.39 Å². The first-order chi connectivity index (χ1) is 5.11. The molecule has 0 amide bonds. The van der Waals surface area contributed by atoms with Gasteiger partial charge in [-0.15, -0.1) is 0 Å². The lowest BCUT2D eigenvalue weighted by molar-refractivity contribution is 0.626. The fraction of sp³-hybridized carbons (Fsp3) is 0.333. The van der Waals surface area contributed by atoms with E-state index < -0.39 is 0 Å². The monoisotopic (exact) mass is 153 g/mol. The third kappa shape index (κ3) is 1.70. The van der Waals surface area contributed by atoms with E-state index in [-0.39, 0.29) is 5.82 Å². The van der Waals surface area contributed by atoms with Crippen molar-refractivity contribution in [2.75, 3.05) is 19.0 Å². The highest BCUT2D eigenvalue weighted by Gasteiger charge is 1.99. The first-order valence-electron chi connectivity index (χ1n) is 3.55. The first kappa shape index (κ1) is 8.05. The van der Waals surface area contributed by atoms with E-state index in [1.807, 2.05) is 25.9 Å². The molecule has 2 heteroatoms. The van der Waals surface area contributed by atoms with Crippen molar-refractivity contribution in [2.45, 2.75) is 6.92 Å². The van der Waals surface area contributed by atoms with Gasteiger partial charge in [0.05, 0.1) is 0 Å². The normalized spacial score (nSPS) is 9.82. The number of hydrogen-bond donors (Lipinski definition) is 0. The Bertz CT molecular complexity index is 256. The topological polar surface area (TPSA) is 3.24 Å². The maximum absolute atomic E-state index is 12.6. The van der Waals surface area contributed by atoms with Crippen LogP contribution in [0.15, 0.2) is 18.2 Å². The van der Waals surface area contributed by atoms with Crippen LogP contribution in [0, 0.1) is 12.7 Å². The lowest BCUT2D eigenvalue weighted by atomic mass is 10.2. The summed E-state index contributed by atoms with van der Waals surface area (Å²) in [6.45, 7) is 1.90. The molecule has 1 rings (SSSR count). The van der Waals surface area contributed by atoms with Gasteiger partial charge in [0.25, 0.3) is 0 Å². The summed E-state index contributed by atoms with van der Waals surface area (Å²) < 4.78 is 12.6. The average Bonchev–Trinajstić information content (AvgIpc) is 1.85. The van der Waals surface area contributed by atoms with E-state index in [0.717, 1.165) is 11.3 Å². The molecular weight excluding hydrogens is 141 g/mol. The van der Waals surface area contributed by atoms with Crippen LogP contribution in [0.5, 0.6) is 0 Å². The van der Waals surface area contributed by atoms with Gasteiger partial charge in [0.2, 0.25) is 0 Å². The fourth-order valence-electron chi connectivity index (χ4n) is 1.12. The number of hydrogen-bond acceptors (Lipinski definition) is 1. The molecule has 0 bridgehead atoms. The predicted molar refractivity (Wildman–Crippen MR) is 45.5 cm³/mol. The third-order valence-corrected chi connectivity index (χ3v) is 1.64. The number of anilines is 1. The molecule has 0 heterocycles. The molecule has 0 spiro atoms. The largest absolute Gasteiger partial charge is 0.377 e. The maximum atomic E-state index is 12.6. The summed E-state index contributed by atoms with van der Waals surface area (Å²) in [5.74, 6) is -0.173. The molecule has 0 aliphatic heterocycles. The van der Waals surface area contributed by atoms with Crippen LogP contribution in [0.25, 0.3) is 0 Å². The van der Waals surface area contributed by atoms with E-state index >= 15 is 0 Å². The van der Waals surface area contributed by atoms with Gasteiger partial charge in [0.15, 0.2) is 0 Å². The Kier molecular flexibility index (Phi) is 2.13. The van der Waals surface area contributed by atoms with Crippen LogP contribution >= 0.6 is 0 Å². The minimum Gasteiger partial charge on any atom is -0.377 e. The summed E-state index contributed by atoms with van der Waals surface area (Å²) in [4.78, 5) is 1.97. The molecule has 1 aromatic carbocycles. The minimum atomic E-state index is -0.173. The van der Waals surface area contributed by atoms with E-state index in [0.29, 0.717) is 0 Å². The van der Waals surface area contributed by atoms with Crippen LogP contribution in [0.4, 0.5) is 10.1 Å². The Labute approximate surface area is 66.5 Å². The SMILES string of the molecule is Cc1cc(F)ccc1N(C)C. The number of nitrogens with zero attached hydrogens (tertiary/aromatic N) is 1. The van der Waals surface area contributed by atoms with Crippen molar-refractivity contribution in [3.63, 3.8) is 0 Å². The van der Waals surface area contributed by atoms with E-state index in [4.69, 9.17) is 0 Å². The third-order valence-electron chi connectivity index (χ3n) is 1.64. The van der Waals surface area contributed by atoms with Gasteiger partial charge in [-0.3, -0.25) is 0 Å². The molecule has 60 valence electrons. The number of aryl methyl sites for hydroxylation is 1. The Morgan fingerprint density at radius 2 is 1.91 bits per heavy atom. The number of benzene rings is 1. The molecule has 0 saturated carbocycles. The zero-order valence-corrected chi connectivity index (χ0v) is 7.06. The summed E-state index contributed by atoms with van der Waals surface area (Å²) in [5, 5.41) is 0. The van der Waals surface area contributed by atoms with Crippen LogP contribution in [-0.4, -0.2) is 14.1 Å². The highest BCUT2D eigenvalue weighted by molar-refractivity contribution is 5.51. The standard InChI is InChI=1S/C9H12FN/c1-7-6-8(10)4-5-9(7)11(2)3/h4-6H,1-3H3. The second kappa shape index (κ2) is 2.91. The Balaban J connectivity index is 3.09. The molecule has 11 heavy (non-hydrogen) atoms. The molecule has 0 N–H and O–H groups in total. The summed E-state index contributed by atoms with van der Waals surface area (Å²) in [7, 11) is 3.89. The van der Waals surface area contributed by atoms with Crippen LogP contribution < -0.4 is 4.90 Å². The van der Waals surface area contributed by atoms with Gasteiger partial charge in [-0.05, 0) is 30.7 Å². The van der Waals surface area contributed by atoms with E-state index in [9.17, 15) is 4.39 Å². The number of halogens is 1. The quantitative estimate of drug-likeness (QED) is 0.597. The Morgan fingerprint density at radius 3 is 2.36 bits per heavy atom. The molecule has 0 radical (unpaired) electrons. The second-order valence-corrected chi connectivity index (χ2v) is 2.83. The lowest BCUT2D eigenvalue weighted by Gasteiger charge is -2.14. The maximum Gasteiger partial charge on any atom is 0.123 e. The molecule has 1 nitrogen and oxygen atoms in total. The summed E-state index contributed by atoms with van der Waals surface area (Å²) >= 11 is 0. The van der Waals surface area contributed by atoms with Gasteiger partial charge in [-0.1, -0.05) is 0 Å². The molecule has 0 aliphatic rings. The molecule has 0 unspecified atom stereocenters. The fourth-order valence-corrected chi connectivity index (χ4v) is 1.12. The zero-order valence-electron chi connectivity index (χ0n) is 7.06. The second-order valence-electron chi connectivity index (χ2n) is 2.83. The molecule has 0 saturated heterocycles. The highest BCUT2D eigenvalue weighted by Crippen LogP contribution is 2.17. The van der Waals surface area contributed by atoms with Gasteiger partial charge in [-0.25, -0.2) is 4.39 Å². The molecule has 0 fully saturated rings. The summed E-state index contributed by atoms with van der Waals surface area (Å²) in [6, 6.07) is 4.79. The number of rotatable bonds is 1. The van der Waals surface area contributed by atoms with E-state index in [1.54, 1.807) is 6.07 Å². The molecule has 1 aromatic rings. The van der Waals surface area contributed by atoms with Gasteiger partial charge in [0, 0.05) is 19.8 Å². The summed E-state index contributed by atoms with van der Waals surface area (Å²) in [5.41, 5.74) is 2.03. The average molecular weight is 153 g/mol. The van der Waals surface area contributed by atoms with Crippen molar-refractivity contribution in [3.05, 3.63) is 29.6 Å². The smallest absolute Gasteiger partial charge is 0.123 e. The molecule has 0 aromatic heterocycles. The van der Waals surface area contributed by atoms with Crippen LogP contribution in [0.2, 0.25) is 0 Å². The van der Waals surface area contributed by atoms with E-state index in [1.165, 1.54) is 12.1 Å². The molecule has 0 atom stereocenters. The van der Waals surface area contributed by atoms with Crippen molar-refractivity contribution in [3.8, 4) is 0 Å². The minimum absolute atomic E-state index is 0.173. The Morgan fingerprint density at radius 1 is 1.27 bits per heavy atom. The van der Waals surface area contributed by atoms with Crippen molar-refractivity contribution in [2.24, 2.45) is 0 Å². The van der Waals surface area contributed by atoms with Crippen LogP contribution in [0.3, 0.4) is 0 Å². The zero-order chi connectivity index (χ0) is 8.43. The van der Waals surface area contributed by atoms with Crippen LogP contribution in [0.1, 0.15) is 5.56 Å². The van der Waals surface area contributed by atoms with Crippen LogP contribution in [-0.2, 0) is 0 Å². The van der Waals surface area contributed by atoms with Crippen molar-refractivity contribution in [1.82, 2.24) is 0 Å². The first-order valence-corrected chi connectivity index (χ1v) is 3.55. The highest BCUT2D eigenvalue weighted by atomic mass is 19.1. The molecular formula is C9H12FN. The van der Waals surface area contributed by atoms with Gasteiger partial charge >= 0.3 is 0 Å². The van der Waals surface area contributed by atoms with Crippen molar-refractivity contribution >= 4 is 5.69 Å². The predicted octanol–water partition coefficient (Wildman–Crippen LogP) is 2.20. The summed E-state index contributed by atoms with van der Waals surface area (Å²) in [6.07, 6.45) is 0. The van der Waals surface area contributed by atoms with Gasteiger partial charge in [0.1, 0.15) is 5.82 Å².